The number of benzene rings is 1. The fourth-order valence-corrected chi connectivity index (χ4v) is 2.17. The molecule has 2 rings (SSSR count). The van der Waals surface area contributed by atoms with Gasteiger partial charge in [0.25, 0.3) is 0 Å². The third-order valence-electron chi connectivity index (χ3n) is 3.21. The van der Waals surface area contributed by atoms with Crippen LogP contribution in [-0.2, 0) is 4.79 Å². The van der Waals surface area contributed by atoms with E-state index in [4.69, 9.17) is 4.74 Å². The van der Waals surface area contributed by atoms with Gasteiger partial charge in [0.15, 0.2) is 0 Å². The zero-order chi connectivity index (χ0) is 13.0. The molecule has 1 unspecified atom stereocenters. The molecule has 4 nitrogen and oxygen atoms in total. The smallest absolute Gasteiger partial charge is 0.223 e. The van der Waals surface area contributed by atoms with E-state index in [-0.39, 0.29) is 11.9 Å². The fourth-order valence-electron chi connectivity index (χ4n) is 2.17. The van der Waals surface area contributed by atoms with Gasteiger partial charge in [0.05, 0.1) is 6.61 Å². The summed E-state index contributed by atoms with van der Waals surface area (Å²) in [6.07, 6.45) is 0.573. The van der Waals surface area contributed by atoms with Crippen molar-refractivity contribution in [2.24, 2.45) is 0 Å². The Morgan fingerprint density at radius 3 is 2.78 bits per heavy atom. The first kappa shape index (κ1) is 12.9. The lowest BCUT2D eigenvalue weighted by atomic mass is 10.1. The first-order valence-corrected chi connectivity index (χ1v) is 6.41. The Kier molecular flexibility index (Phi) is 4.20. The first-order valence-electron chi connectivity index (χ1n) is 6.41. The predicted molar refractivity (Wildman–Crippen MR) is 70.6 cm³/mol. The van der Waals surface area contributed by atoms with Crippen molar-refractivity contribution >= 4 is 5.91 Å². The van der Waals surface area contributed by atoms with Crippen molar-refractivity contribution in [2.45, 2.75) is 19.4 Å². The monoisotopic (exact) mass is 248 g/mol. The van der Waals surface area contributed by atoms with Crippen molar-refractivity contribution in [1.82, 2.24) is 10.2 Å². The van der Waals surface area contributed by atoms with Crippen LogP contribution in [0.1, 0.15) is 24.9 Å². The van der Waals surface area contributed by atoms with Crippen LogP contribution >= 0.6 is 0 Å². The second kappa shape index (κ2) is 5.87. The van der Waals surface area contributed by atoms with Crippen LogP contribution in [0.4, 0.5) is 0 Å². The van der Waals surface area contributed by atoms with Crippen molar-refractivity contribution < 1.29 is 9.53 Å². The van der Waals surface area contributed by atoms with Crippen molar-refractivity contribution in [2.75, 3.05) is 26.7 Å². The summed E-state index contributed by atoms with van der Waals surface area (Å²) < 4.78 is 5.43. The van der Waals surface area contributed by atoms with E-state index < -0.39 is 0 Å². The molecule has 1 fully saturated rings. The average Bonchev–Trinajstić information content (AvgIpc) is 2.54. The van der Waals surface area contributed by atoms with Gasteiger partial charge in [-0.1, -0.05) is 12.1 Å². The molecule has 1 saturated heterocycles. The Hall–Kier alpha value is -1.55. The van der Waals surface area contributed by atoms with Crippen LogP contribution in [0.5, 0.6) is 5.75 Å². The number of hydrogen-bond acceptors (Lipinski definition) is 3. The quantitative estimate of drug-likeness (QED) is 0.883. The molecular formula is C14H20N2O2. The molecule has 0 aliphatic carbocycles. The molecule has 4 heteroatoms. The molecule has 1 amide bonds. The number of carbonyl (C=O) groups is 1. The standard InChI is InChI=1S/C14H20N2O2/c1-3-18-12-6-4-11(5-7-12)13-10-16(2)14(17)8-9-15-13/h4-7,13,15H,3,8-10H2,1-2H3. The maximum absolute atomic E-state index is 11.6. The summed E-state index contributed by atoms with van der Waals surface area (Å²) in [6.45, 7) is 4.10. The minimum absolute atomic E-state index is 0.205. The zero-order valence-electron chi connectivity index (χ0n) is 11.0. The van der Waals surface area contributed by atoms with E-state index >= 15 is 0 Å². The highest BCUT2D eigenvalue weighted by molar-refractivity contribution is 5.76. The van der Waals surface area contributed by atoms with Gasteiger partial charge in [-0.15, -0.1) is 0 Å². The fraction of sp³-hybridized carbons (Fsp3) is 0.500. The van der Waals surface area contributed by atoms with Crippen LogP contribution in [0.15, 0.2) is 24.3 Å². The van der Waals surface area contributed by atoms with Crippen LogP contribution in [0.2, 0.25) is 0 Å². The molecule has 1 N–H and O–H groups in total. The van der Waals surface area contributed by atoms with E-state index in [1.165, 1.54) is 5.56 Å². The molecule has 0 spiro atoms. The number of hydrogen-bond donors (Lipinski definition) is 1. The summed E-state index contributed by atoms with van der Waals surface area (Å²) in [5.41, 5.74) is 1.19. The van der Waals surface area contributed by atoms with Gasteiger partial charge in [-0.05, 0) is 24.6 Å². The van der Waals surface area contributed by atoms with E-state index in [1.807, 2.05) is 26.1 Å². The summed E-state index contributed by atoms with van der Waals surface area (Å²) >= 11 is 0. The minimum Gasteiger partial charge on any atom is -0.494 e. The van der Waals surface area contributed by atoms with Gasteiger partial charge in [0.2, 0.25) is 5.91 Å². The molecule has 0 bridgehead atoms. The number of nitrogens with zero attached hydrogens (tertiary/aromatic N) is 1. The molecule has 1 aliphatic heterocycles. The Bertz CT molecular complexity index is 403. The van der Waals surface area contributed by atoms with E-state index in [0.29, 0.717) is 19.6 Å². The lowest BCUT2D eigenvalue weighted by Gasteiger charge is -2.21. The van der Waals surface area contributed by atoms with Gasteiger partial charge in [0.1, 0.15) is 5.75 Å². The van der Waals surface area contributed by atoms with E-state index in [2.05, 4.69) is 17.4 Å². The summed E-state index contributed by atoms with van der Waals surface area (Å²) in [5.74, 6) is 1.09. The summed E-state index contributed by atoms with van der Waals surface area (Å²) in [4.78, 5) is 13.4. The molecule has 0 aromatic heterocycles. The van der Waals surface area contributed by atoms with Gasteiger partial charge in [0, 0.05) is 32.6 Å². The van der Waals surface area contributed by atoms with Crippen LogP contribution in [-0.4, -0.2) is 37.6 Å². The molecular weight excluding hydrogens is 228 g/mol. The molecule has 0 radical (unpaired) electrons. The number of ether oxygens (including phenoxy) is 1. The van der Waals surface area contributed by atoms with E-state index in [1.54, 1.807) is 4.90 Å². The summed E-state index contributed by atoms with van der Waals surface area (Å²) in [6, 6.07) is 8.29. The Morgan fingerprint density at radius 1 is 1.39 bits per heavy atom. The van der Waals surface area contributed by atoms with Gasteiger partial charge in [-0.3, -0.25) is 4.79 Å². The normalized spacial score (nSPS) is 20.7. The third kappa shape index (κ3) is 3.01. The van der Waals surface area contributed by atoms with Crippen LogP contribution < -0.4 is 10.1 Å². The predicted octanol–water partition coefficient (Wildman–Crippen LogP) is 1.58. The molecule has 18 heavy (non-hydrogen) atoms. The number of amides is 1. The lowest BCUT2D eigenvalue weighted by molar-refractivity contribution is -0.129. The molecule has 1 heterocycles. The number of likely N-dealkylation sites (N-methyl/N-ethyl adjacent to an activating group) is 1. The number of nitrogens with one attached hydrogen (secondary N) is 1. The molecule has 1 aromatic rings. The molecule has 98 valence electrons. The average molecular weight is 248 g/mol. The van der Waals surface area contributed by atoms with E-state index in [0.717, 1.165) is 12.3 Å². The molecule has 0 saturated carbocycles. The SMILES string of the molecule is CCOc1ccc(C2CN(C)C(=O)CCN2)cc1. The third-order valence-corrected chi connectivity index (χ3v) is 3.21. The van der Waals surface area contributed by atoms with Crippen molar-refractivity contribution in [1.29, 1.82) is 0 Å². The second-order valence-corrected chi connectivity index (χ2v) is 4.53. The zero-order valence-corrected chi connectivity index (χ0v) is 11.0. The van der Waals surface area contributed by atoms with Crippen molar-refractivity contribution in [3.05, 3.63) is 29.8 Å². The van der Waals surface area contributed by atoms with Crippen molar-refractivity contribution in [3.8, 4) is 5.75 Å². The van der Waals surface area contributed by atoms with Crippen LogP contribution in [0.3, 0.4) is 0 Å². The van der Waals surface area contributed by atoms with Gasteiger partial charge in [-0.2, -0.15) is 0 Å². The lowest BCUT2D eigenvalue weighted by Crippen LogP contribution is -2.30. The van der Waals surface area contributed by atoms with Crippen molar-refractivity contribution in [3.63, 3.8) is 0 Å². The molecule has 1 aromatic carbocycles. The summed E-state index contributed by atoms with van der Waals surface area (Å²) in [7, 11) is 1.86. The highest BCUT2D eigenvalue weighted by Gasteiger charge is 2.20. The topological polar surface area (TPSA) is 41.6 Å². The Labute approximate surface area is 108 Å². The van der Waals surface area contributed by atoms with Gasteiger partial charge >= 0.3 is 0 Å². The number of carbonyl (C=O) groups excluding carboxylic acids is 1. The highest BCUT2D eigenvalue weighted by atomic mass is 16.5. The minimum atomic E-state index is 0.205. The van der Waals surface area contributed by atoms with Crippen LogP contribution in [0, 0.1) is 0 Å². The van der Waals surface area contributed by atoms with E-state index in [9.17, 15) is 4.79 Å². The first-order chi connectivity index (χ1) is 8.70. The van der Waals surface area contributed by atoms with Gasteiger partial charge < -0.3 is 15.0 Å². The maximum atomic E-state index is 11.6. The molecule has 1 aliphatic rings. The largest absolute Gasteiger partial charge is 0.494 e. The highest BCUT2D eigenvalue weighted by Crippen LogP contribution is 2.20. The molecule has 1 atom stereocenters. The Balaban J connectivity index is 2.08. The van der Waals surface area contributed by atoms with Crippen LogP contribution in [0.25, 0.3) is 0 Å². The summed E-state index contributed by atoms with van der Waals surface area (Å²) in [5, 5.41) is 3.41. The number of rotatable bonds is 3. The van der Waals surface area contributed by atoms with Gasteiger partial charge in [-0.25, -0.2) is 0 Å². The Morgan fingerprint density at radius 2 is 2.11 bits per heavy atom. The maximum Gasteiger partial charge on any atom is 0.223 e. The second-order valence-electron chi connectivity index (χ2n) is 4.53.